The Kier molecular flexibility index (Phi) is 4.81. The summed E-state index contributed by atoms with van der Waals surface area (Å²) in [5.74, 6) is 1.64. The van der Waals surface area contributed by atoms with Crippen LogP contribution < -0.4 is 14.8 Å². The predicted octanol–water partition coefficient (Wildman–Crippen LogP) is 2.95. The zero-order valence-electron chi connectivity index (χ0n) is 13.2. The molecule has 0 saturated carbocycles. The van der Waals surface area contributed by atoms with Gasteiger partial charge in [0.25, 0.3) is 0 Å². The van der Waals surface area contributed by atoms with Crippen molar-refractivity contribution in [3.63, 3.8) is 0 Å². The fraction of sp³-hybridized carbons (Fsp3) is 0.316. The van der Waals surface area contributed by atoms with E-state index in [0.717, 1.165) is 29.0 Å². The molecule has 120 valence electrons. The summed E-state index contributed by atoms with van der Waals surface area (Å²) in [6, 6.07) is 15.7. The summed E-state index contributed by atoms with van der Waals surface area (Å²) >= 11 is 0. The van der Waals surface area contributed by atoms with Gasteiger partial charge in [0, 0.05) is 6.54 Å². The van der Waals surface area contributed by atoms with Gasteiger partial charge < -0.3 is 14.8 Å². The van der Waals surface area contributed by atoms with E-state index in [1.807, 2.05) is 55.5 Å². The third kappa shape index (κ3) is 3.83. The van der Waals surface area contributed by atoms with Gasteiger partial charge in [-0.1, -0.05) is 30.3 Å². The molecule has 0 fully saturated rings. The van der Waals surface area contributed by atoms with Crippen molar-refractivity contribution in [2.45, 2.75) is 19.9 Å². The lowest BCUT2D eigenvalue weighted by atomic mass is 9.96. The van der Waals surface area contributed by atoms with E-state index in [2.05, 4.69) is 5.32 Å². The Balaban J connectivity index is 1.54. The number of ether oxygens (including phenoxy) is 2. The fourth-order valence-corrected chi connectivity index (χ4v) is 2.70. The minimum atomic E-state index is -0.132. The summed E-state index contributed by atoms with van der Waals surface area (Å²) in [7, 11) is 0. The molecule has 3 rings (SSSR count). The van der Waals surface area contributed by atoms with Crippen LogP contribution >= 0.6 is 0 Å². The first kappa shape index (κ1) is 15.4. The van der Waals surface area contributed by atoms with Crippen molar-refractivity contribution in [1.82, 2.24) is 5.32 Å². The number of rotatable bonds is 5. The summed E-state index contributed by atoms with van der Waals surface area (Å²) in [6.07, 6.45) is 0.727. The molecule has 0 saturated heterocycles. The van der Waals surface area contributed by atoms with Crippen LogP contribution in [0.3, 0.4) is 0 Å². The normalized spacial score (nSPS) is 16.1. The maximum atomic E-state index is 12.3. The maximum absolute atomic E-state index is 12.3. The molecule has 4 heteroatoms. The Labute approximate surface area is 136 Å². The highest BCUT2D eigenvalue weighted by molar-refractivity contribution is 5.79. The highest BCUT2D eigenvalue weighted by Crippen LogP contribution is 2.26. The molecule has 1 atom stereocenters. The summed E-state index contributed by atoms with van der Waals surface area (Å²) < 4.78 is 11.1. The lowest BCUT2D eigenvalue weighted by molar-refractivity contribution is -0.126. The lowest BCUT2D eigenvalue weighted by Gasteiger charge is -2.24. The van der Waals surface area contributed by atoms with Crippen molar-refractivity contribution < 1.29 is 14.3 Å². The smallest absolute Gasteiger partial charge is 0.227 e. The zero-order valence-corrected chi connectivity index (χ0v) is 13.2. The highest BCUT2D eigenvalue weighted by Gasteiger charge is 2.25. The molecular weight excluding hydrogens is 290 g/mol. The Morgan fingerprint density at radius 2 is 2.00 bits per heavy atom. The van der Waals surface area contributed by atoms with E-state index in [4.69, 9.17) is 9.47 Å². The number of carbonyl (C=O) groups excluding carboxylic acids is 1. The van der Waals surface area contributed by atoms with Gasteiger partial charge in [0.2, 0.25) is 5.91 Å². The average molecular weight is 311 g/mol. The van der Waals surface area contributed by atoms with Gasteiger partial charge in [-0.3, -0.25) is 4.79 Å². The van der Waals surface area contributed by atoms with Gasteiger partial charge in [-0.25, -0.2) is 0 Å². The Morgan fingerprint density at radius 3 is 2.78 bits per heavy atom. The lowest BCUT2D eigenvalue weighted by Crippen LogP contribution is -2.37. The van der Waals surface area contributed by atoms with Gasteiger partial charge in [-0.15, -0.1) is 0 Å². The molecule has 0 aromatic heterocycles. The monoisotopic (exact) mass is 311 g/mol. The second-order valence-electron chi connectivity index (χ2n) is 5.61. The third-order valence-electron chi connectivity index (χ3n) is 3.95. The van der Waals surface area contributed by atoms with Crippen LogP contribution in [0.25, 0.3) is 0 Å². The van der Waals surface area contributed by atoms with Crippen molar-refractivity contribution in [3.8, 4) is 11.5 Å². The van der Waals surface area contributed by atoms with Crippen LogP contribution in [0.4, 0.5) is 0 Å². The molecule has 0 unspecified atom stereocenters. The molecule has 23 heavy (non-hydrogen) atoms. The molecule has 1 aliphatic heterocycles. The number of hydrogen-bond donors (Lipinski definition) is 1. The van der Waals surface area contributed by atoms with Crippen LogP contribution in [0.15, 0.2) is 48.5 Å². The molecule has 2 aromatic rings. The quantitative estimate of drug-likeness (QED) is 0.923. The summed E-state index contributed by atoms with van der Waals surface area (Å²) in [6.45, 7) is 3.56. The van der Waals surface area contributed by atoms with Gasteiger partial charge in [0.1, 0.15) is 18.1 Å². The minimum Gasteiger partial charge on any atom is -0.494 e. The molecule has 1 amide bonds. The summed E-state index contributed by atoms with van der Waals surface area (Å²) in [5.41, 5.74) is 2.15. The maximum Gasteiger partial charge on any atom is 0.227 e. The standard InChI is InChI=1S/C19H21NO3/c1-2-22-17-9-7-14(8-10-17)12-20-19(21)16-11-15-5-3-4-6-18(15)23-13-16/h3-10,16H,2,11-13H2,1H3,(H,20,21)/t16-/m1/s1. The van der Waals surface area contributed by atoms with Gasteiger partial charge in [-0.2, -0.15) is 0 Å². The molecular formula is C19H21NO3. The van der Waals surface area contributed by atoms with Crippen molar-refractivity contribution >= 4 is 5.91 Å². The number of amides is 1. The number of nitrogens with one attached hydrogen (secondary N) is 1. The Hall–Kier alpha value is -2.49. The van der Waals surface area contributed by atoms with Crippen LogP contribution in [0, 0.1) is 5.92 Å². The predicted molar refractivity (Wildman–Crippen MR) is 88.6 cm³/mol. The molecule has 2 aromatic carbocycles. The van der Waals surface area contributed by atoms with Crippen LogP contribution in [-0.2, 0) is 17.8 Å². The van der Waals surface area contributed by atoms with E-state index in [0.29, 0.717) is 19.8 Å². The number of carbonyl (C=O) groups is 1. The van der Waals surface area contributed by atoms with Crippen molar-refractivity contribution in [1.29, 1.82) is 0 Å². The largest absolute Gasteiger partial charge is 0.494 e. The molecule has 1 heterocycles. The van der Waals surface area contributed by atoms with E-state index < -0.39 is 0 Å². The summed E-state index contributed by atoms with van der Waals surface area (Å²) in [5, 5.41) is 2.99. The Bertz CT molecular complexity index is 667. The first-order valence-corrected chi connectivity index (χ1v) is 7.96. The molecule has 0 aliphatic carbocycles. The number of fused-ring (bicyclic) bond motifs is 1. The van der Waals surface area contributed by atoms with Gasteiger partial charge in [0.05, 0.1) is 12.5 Å². The fourth-order valence-electron chi connectivity index (χ4n) is 2.70. The number of hydrogen-bond acceptors (Lipinski definition) is 3. The van der Waals surface area contributed by atoms with E-state index in [1.54, 1.807) is 0 Å². The van der Waals surface area contributed by atoms with Gasteiger partial charge >= 0.3 is 0 Å². The molecule has 0 radical (unpaired) electrons. The van der Waals surface area contributed by atoms with E-state index >= 15 is 0 Å². The van der Waals surface area contributed by atoms with Crippen LogP contribution in [0.2, 0.25) is 0 Å². The number of para-hydroxylation sites is 1. The highest BCUT2D eigenvalue weighted by atomic mass is 16.5. The molecule has 4 nitrogen and oxygen atoms in total. The van der Waals surface area contributed by atoms with Crippen LogP contribution in [0.5, 0.6) is 11.5 Å². The topological polar surface area (TPSA) is 47.6 Å². The van der Waals surface area contributed by atoms with Crippen LogP contribution in [-0.4, -0.2) is 19.1 Å². The summed E-state index contributed by atoms with van der Waals surface area (Å²) in [4.78, 5) is 12.3. The van der Waals surface area contributed by atoms with Crippen LogP contribution in [0.1, 0.15) is 18.1 Å². The van der Waals surface area contributed by atoms with Gasteiger partial charge in [-0.05, 0) is 42.7 Å². The van der Waals surface area contributed by atoms with E-state index in [-0.39, 0.29) is 11.8 Å². The molecule has 0 spiro atoms. The van der Waals surface area contributed by atoms with E-state index in [9.17, 15) is 4.79 Å². The van der Waals surface area contributed by atoms with Crippen molar-refractivity contribution in [2.75, 3.05) is 13.2 Å². The minimum absolute atomic E-state index is 0.0355. The second-order valence-corrected chi connectivity index (χ2v) is 5.61. The first-order chi connectivity index (χ1) is 11.3. The molecule has 0 bridgehead atoms. The van der Waals surface area contributed by atoms with Gasteiger partial charge in [0.15, 0.2) is 0 Å². The molecule has 1 aliphatic rings. The number of benzene rings is 2. The molecule has 1 N–H and O–H groups in total. The Morgan fingerprint density at radius 1 is 1.22 bits per heavy atom. The third-order valence-corrected chi connectivity index (χ3v) is 3.95. The van der Waals surface area contributed by atoms with Crippen molar-refractivity contribution in [2.24, 2.45) is 5.92 Å². The average Bonchev–Trinajstić information content (AvgIpc) is 2.60. The van der Waals surface area contributed by atoms with E-state index in [1.165, 1.54) is 0 Å². The first-order valence-electron chi connectivity index (χ1n) is 7.96. The van der Waals surface area contributed by atoms with Crippen molar-refractivity contribution in [3.05, 3.63) is 59.7 Å². The second kappa shape index (κ2) is 7.18. The zero-order chi connectivity index (χ0) is 16.1. The SMILES string of the molecule is CCOc1ccc(CNC(=O)[C@H]2COc3ccccc3C2)cc1.